The van der Waals surface area contributed by atoms with Crippen molar-refractivity contribution in [1.29, 1.82) is 0 Å². The smallest absolute Gasteiger partial charge is 0.169 e. The van der Waals surface area contributed by atoms with Crippen LogP contribution in [0.4, 0.5) is 0 Å². The Kier molecular flexibility index (Phi) is 8.55. The molecular formula is C11H17BrCl2NO3PS. The summed E-state index contributed by atoms with van der Waals surface area (Å²) in [6.07, 6.45) is 0. The summed E-state index contributed by atoms with van der Waals surface area (Å²) in [6, 6.07) is 2.93. The van der Waals surface area contributed by atoms with Crippen molar-refractivity contribution in [2.75, 3.05) is 35.3 Å². The number of quaternary nitrogens is 1. The fourth-order valence-electron chi connectivity index (χ4n) is 0.732. The zero-order chi connectivity index (χ0) is 16.1. The summed E-state index contributed by atoms with van der Waals surface area (Å²) in [5.41, 5.74) is 0. The SMILES string of the molecule is COP([O-])(=S)Oc1cc(Cl)c(Br)cc1Cl.C[N+](C)(C)C. The molecule has 9 heteroatoms. The first-order valence-electron chi connectivity index (χ1n) is 5.35. The summed E-state index contributed by atoms with van der Waals surface area (Å²) in [4.78, 5) is 11.4. The lowest BCUT2D eigenvalue weighted by Gasteiger charge is -2.26. The van der Waals surface area contributed by atoms with Gasteiger partial charge in [0.05, 0.1) is 38.2 Å². The van der Waals surface area contributed by atoms with Crippen LogP contribution in [0.1, 0.15) is 0 Å². The molecule has 116 valence electrons. The van der Waals surface area contributed by atoms with E-state index in [4.69, 9.17) is 27.7 Å². The first-order chi connectivity index (χ1) is 8.85. The van der Waals surface area contributed by atoms with Gasteiger partial charge < -0.3 is 18.4 Å². The minimum atomic E-state index is -3.53. The maximum Gasteiger partial charge on any atom is 0.169 e. The molecule has 0 saturated carbocycles. The second-order valence-corrected chi connectivity index (χ2v) is 9.55. The Labute approximate surface area is 143 Å². The van der Waals surface area contributed by atoms with Crippen LogP contribution in [0.5, 0.6) is 5.75 Å². The van der Waals surface area contributed by atoms with Gasteiger partial charge in [-0.15, -0.1) is 0 Å². The second kappa shape index (κ2) is 8.30. The van der Waals surface area contributed by atoms with E-state index in [0.717, 1.165) is 4.48 Å². The molecule has 1 unspecified atom stereocenters. The van der Waals surface area contributed by atoms with Crippen LogP contribution in [-0.2, 0) is 16.3 Å². The topological polar surface area (TPSA) is 41.5 Å². The van der Waals surface area contributed by atoms with E-state index in [1.165, 1.54) is 19.2 Å². The lowest BCUT2D eigenvalue weighted by atomic mass is 10.3. The summed E-state index contributed by atoms with van der Waals surface area (Å²) in [5.74, 6) is 0.130. The van der Waals surface area contributed by atoms with Gasteiger partial charge in [0.15, 0.2) is 6.72 Å². The molecule has 0 saturated heterocycles. The van der Waals surface area contributed by atoms with Gasteiger partial charge in [0.25, 0.3) is 0 Å². The van der Waals surface area contributed by atoms with E-state index in [0.29, 0.717) is 9.50 Å². The van der Waals surface area contributed by atoms with E-state index in [1.54, 1.807) is 0 Å². The van der Waals surface area contributed by atoms with Crippen LogP contribution in [-0.4, -0.2) is 39.8 Å². The van der Waals surface area contributed by atoms with Crippen LogP contribution >= 0.6 is 45.9 Å². The van der Waals surface area contributed by atoms with Gasteiger partial charge in [-0.3, -0.25) is 0 Å². The van der Waals surface area contributed by atoms with E-state index in [2.05, 4.69) is 60.5 Å². The molecule has 0 aliphatic rings. The summed E-state index contributed by atoms with van der Waals surface area (Å²) in [7, 11) is 9.70. The third kappa shape index (κ3) is 9.53. The highest BCUT2D eigenvalue weighted by atomic mass is 79.9. The first kappa shape index (κ1) is 20.6. The van der Waals surface area contributed by atoms with E-state index < -0.39 is 6.72 Å². The van der Waals surface area contributed by atoms with Crippen LogP contribution in [0.3, 0.4) is 0 Å². The van der Waals surface area contributed by atoms with Gasteiger partial charge in [-0.2, -0.15) is 0 Å². The standard InChI is InChI=1S/C7H6BrCl2O3PS.C4H12N/c1-12-14(11,15)13-7-3-5(9)4(8)2-6(7)10;1-5(2,3)4/h2-3H,1H3,(H,11,15);1-4H3/q;+1/p-1. The number of hydrogen-bond acceptors (Lipinski definition) is 4. The quantitative estimate of drug-likeness (QED) is 0.421. The highest BCUT2D eigenvalue weighted by Crippen LogP contribution is 2.44. The minimum Gasteiger partial charge on any atom is -0.770 e. The predicted molar refractivity (Wildman–Crippen MR) is 90.0 cm³/mol. The summed E-state index contributed by atoms with van der Waals surface area (Å²) >= 11 is 19.4. The Morgan fingerprint density at radius 3 is 2.05 bits per heavy atom. The first-order valence-corrected chi connectivity index (χ1v) is 9.46. The normalized spacial score (nSPS) is 14.1. The third-order valence-corrected chi connectivity index (χ3v) is 4.44. The number of hydrogen-bond donors (Lipinski definition) is 0. The molecular weight excluding hydrogens is 408 g/mol. The van der Waals surface area contributed by atoms with E-state index in [9.17, 15) is 4.89 Å². The highest BCUT2D eigenvalue weighted by molar-refractivity contribution is 9.10. The zero-order valence-electron chi connectivity index (χ0n) is 11.8. The summed E-state index contributed by atoms with van der Waals surface area (Å²) in [6.45, 7) is -3.53. The molecule has 1 aromatic carbocycles. The van der Waals surface area contributed by atoms with Gasteiger partial charge in [0, 0.05) is 17.6 Å². The van der Waals surface area contributed by atoms with Crippen LogP contribution in [0.2, 0.25) is 10.0 Å². The largest absolute Gasteiger partial charge is 0.770 e. The summed E-state index contributed by atoms with van der Waals surface area (Å²) < 4.78 is 11.0. The van der Waals surface area contributed by atoms with Crippen LogP contribution in [0.25, 0.3) is 0 Å². The minimum absolute atomic E-state index is 0.130. The molecule has 0 radical (unpaired) electrons. The van der Waals surface area contributed by atoms with Crippen molar-refractivity contribution in [3.63, 3.8) is 0 Å². The number of halogens is 3. The maximum atomic E-state index is 11.4. The van der Waals surface area contributed by atoms with Gasteiger partial charge in [-0.1, -0.05) is 23.2 Å². The zero-order valence-corrected chi connectivity index (χ0v) is 16.6. The Hall–Kier alpha value is 0.610. The van der Waals surface area contributed by atoms with Crippen LogP contribution in [0.15, 0.2) is 16.6 Å². The average molecular weight is 425 g/mol. The Morgan fingerprint density at radius 2 is 1.65 bits per heavy atom. The van der Waals surface area contributed by atoms with Crippen molar-refractivity contribution >= 4 is 57.7 Å². The van der Waals surface area contributed by atoms with Crippen LogP contribution in [0, 0.1) is 0 Å². The number of benzene rings is 1. The molecule has 0 spiro atoms. The van der Waals surface area contributed by atoms with Crippen molar-refractivity contribution in [3.05, 3.63) is 26.7 Å². The Morgan fingerprint density at radius 1 is 1.20 bits per heavy atom. The fraction of sp³-hybridized carbons (Fsp3) is 0.455. The molecule has 1 aromatic rings. The van der Waals surface area contributed by atoms with Gasteiger partial charge in [-0.05, 0) is 33.8 Å². The molecule has 0 bridgehead atoms. The van der Waals surface area contributed by atoms with Crippen LogP contribution < -0.4 is 9.42 Å². The average Bonchev–Trinajstić information content (AvgIpc) is 2.23. The van der Waals surface area contributed by atoms with E-state index >= 15 is 0 Å². The molecule has 0 heterocycles. The third-order valence-electron chi connectivity index (χ3n) is 1.41. The predicted octanol–water partition coefficient (Wildman–Crippen LogP) is 3.69. The van der Waals surface area contributed by atoms with Gasteiger partial charge in [-0.25, -0.2) is 0 Å². The molecule has 0 amide bonds. The molecule has 0 aliphatic carbocycles. The number of rotatable bonds is 3. The molecule has 0 fully saturated rings. The Bertz CT molecular complexity index is 505. The van der Waals surface area contributed by atoms with Gasteiger partial charge in [0.1, 0.15) is 5.75 Å². The highest BCUT2D eigenvalue weighted by Gasteiger charge is 2.10. The van der Waals surface area contributed by atoms with Gasteiger partial charge >= 0.3 is 0 Å². The van der Waals surface area contributed by atoms with Gasteiger partial charge in [0.2, 0.25) is 0 Å². The second-order valence-electron chi connectivity index (χ2n) is 5.10. The molecule has 4 nitrogen and oxygen atoms in total. The number of nitrogens with zero attached hydrogens (tertiary/aromatic N) is 1. The maximum absolute atomic E-state index is 11.4. The molecule has 20 heavy (non-hydrogen) atoms. The molecule has 1 rings (SSSR count). The van der Waals surface area contributed by atoms with E-state index in [1.807, 2.05) is 0 Å². The fourth-order valence-corrected chi connectivity index (χ4v) is 2.32. The Balaban J connectivity index is 0.000000621. The lowest BCUT2D eigenvalue weighted by Crippen LogP contribution is -2.27. The molecule has 1 atom stereocenters. The lowest BCUT2D eigenvalue weighted by molar-refractivity contribution is -0.849. The van der Waals surface area contributed by atoms with Crippen molar-refractivity contribution in [1.82, 2.24) is 0 Å². The summed E-state index contributed by atoms with van der Waals surface area (Å²) in [5, 5.41) is 0.619. The molecule has 0 aromatic heterocycles. The van der Waals surface area contributed by atoms with Crippen molar-refractivity contribution < 1.29 is 18.4 Å². The monoisotopic (exact) mass is 423 g/mol. The molecule has 0 N–H and O–H groups in total. The van der Waals surface area contributed by atoms with Crippen molar-refractivity contribution in [2.45, 2.75) is 0 Å². The van der Waals surface area contributed by atoms with Crippen molar-refractivity contribution in [3.8, 4) is 5.75 Å². The molecule has 0 aliphatic heterocycles. The van der Waals surface area contributed by atoms with Crippen molar-refractivity contribution in [2.24, 2.45) is 0 Å². The van der Waals surface area contributed by atoms with E-state index in [-0.39, 0.29) is 10.8 Å².